The molecule has 3 rings (SSSR count). The van der Waals surface area contributed by atoms with Crippen LogP contribution in [-0.4, -0.2) is 50.6 Å². The van der Waals surface area contributed by atoms with Gasteiger partial charge in [-0.2, -0.15) is 8.78 Å². The van der Waals surface area contributed by atoms with Crippen molar-refractivity contribution in [2.75, 3.05) is 32.2 Å². The lowest BCUT2D eigenvalue weighted by Crippen LogP contribution is -2.38. The lowest BCUT2D eigenvalue weighted by molar-refractivity contribution is -0.132. The average molecular weight is 434 g/mol. The maximum absolute atomic E-state index is 12.7. The first-order chi connectivity index (χ1) is 14.9. The van der Waals surface area contributed by atoms with Crippen molar-refractivity contribution in [1.82, 2.24) is 4.90 Å². The zero-order valence-corrected chi connectivity index (χ0v) is 17.3. The summed E-state index contributed by atoms with van der Waals surface area (Å²) in [6.45, 7) is -1.88. The van der Waals surface area contributed by atoms with Gasteiger partial charge in [0.1, 0.15) is 12.4 Å². The number of methoxy groups -OCH3 is 1. The molecule has 0 unspecified atom stereocenters. The summed E-state index contributed by atoms with van der Waals surface area (Å²) >= 11 is 0. The molecule has 1 aliphatic heterocycles. The maximum atomic E-state index is 12.7. The van der Waals surface area contributed by atoms with Crippen LogP contribution in [0.3, 0.4) is 0 Å². The van der Waals surface area contributed by atoms with Gasteiger partial charge in [-0.1, -0.05) is 18.2 Å². The van der Waals surface area contributed by atoms with Gasteiger partial charge >= 0.3 is 6.61 Å². The van der Waals surface area contributed by atoms with E-state index < -0.39 is 6.61 Å². The molecular weight excluding hydrogens is 410 g/mol. The van der Waals surface area contributed by atoms with Crippen LogP contribution in [0.1, 0.15) is 18.4 Å². The Hall–Kier alpha value is -3.36. The molecule has 0 aliphatic carbocycles. The summed E-state index contributed by atoms with van der Waals surface area (Å²) in [7, 11) is 2.97. The number of carbonyl (C=O) groups is 2. The number of amides is 2. The molecule has 7 nitrogen and oxygen atoms in total. The van der Waals surface area contributed by atoms with Crippen LogP contribution < -0.4 is 19.1 Å². The molecule has 9 heteroatoms. The van der Waals surface area contributed by atoms with Crippen LogP contribution in [0.4, 0.5) is 14.5 Å². The second kappa shape index (κ2) is 10.1. The normalized spacial score (nSPS) is 12.7. The molecular formula is C22H24F2N2O5. The first kappa shape index (κ1) is 22.3. The van der Waals surface area contributed by atoms with Crippen LogP contribution in [0.15, 0.2) is 42.5 Å². The fourth-order valence-electron chi connectivity index (χ4n) is 3.33. The molecule has 1 heterocycles. The molecule has 2 aromatic carbocycles. The van der Waals surface area contributed by atoms with Gasteiger partial charge in [0.15, 0.2) is 11.5 Å². The highest BCUT2D eigenvalue weighted by Gasteiger charge is 2.24. The van der Waals surface area contributed by atoms with Crippen LogP contribution >= 0.6 is 0 Å². The number of nitrogens with zero attached hydrogens (tertiary/aromatic N) is 2. The van der Waals surface area contributed by atoms with Crippen molar-refractivity contribution in [1.29, 1.82) is 0 Å². The predicted molar refractivity (Wildman–Crippen MR) is 110 cm³/mol. The Labute approximate surface area is 179 Å². The molecule has 0 atom stereocenters. The van der Waals surface area contributed by atoms with E-state index in [0.717, 1.165) is 0 Å². The lowest BCUT2D eigenvalue weighted by Gasteiger charge is -2.29. The van der Waals surface area contributed by atoms with Crippen molar-refractivity contribution in [3.05, 3.63) is 48.0 Å². The Kier molecular flexibility index (Phi) is 7.28. The van der Waals surface area contributed by atoms with E-state index in [9.17, 15) is 18.4 Å². The molecule has 0 spiro atoms. The number of hydrogen-bond donors (Lipinski definition) is 0. The topological polar surface area (TPSA) is 68.3 Å². The van der Waals surface area contributed by atoms with Gasteiger partial charge in [0.2, 0.25) is 11.8 Å². The lowest BCUT2D eigenvalue weighted by atomic mass is 10.1. The molecule has 0 fully saturated rings. The molecule has 0 saturated carbocycles. The second-order valence-electron chi connectivity index (χ2n) is 6.98. The summed E-state index contributed by atoms with van der Waals surface area (Å²) in [4.78, 5) is 28.3. The van der Waals surface area contributed by atoms with Crippen LogP contribution in [-0.2, 0) is 16.1 Å². The van der Waals surface area contributed by atoms with Crippen molar-refractivity contribution in [3.8, 4) is 17.2 Å². The Morgan fingerprint density at radius 1 is 1.16 bits per heavy atom. The van der Waals surface area contributed by atoms with Gasteiger partial charge in [0, 0.05) is 26.4 Å². The molecule has 31 heavy (non-hydrogen) atoms. The number of carbonyl (C=O) groups excluding carboxylic acids is 2. The molecule has 166 valence electrons. The second-order valence-corrected chi connectivity index (χ2v) is 6.98. The minimum Gasteiger partial charge on any atom is -0.493 e. The standard InChI is InChI=1S/C22H24F2N2O5/c1-25(14-15-7-8-18(31-22(23)24)19(13-15)29-2)20(27)9-10-21(28)26-11-12-30-17-6-4-3-5-16(17)26/h3-8,13,22H,9-12,14H2,1-2H3. The van der Waals surface area contributed by atoms with E-state index in [2.05, 4.69) is 4.74 Å². The highest BCUT2D eigenvalue weighted by atomic mass is 19.3. The van der Waals surface area contributed by atoms with Gasteiger partial charge in [-0.3, -0.25) is 9.59 Å². The first-order valence-corrected chi connectivity index (χ1v) is 9.77. The van der Waals surface area contributed by atoms with Gasteiger partial charge in [-0.15, -0.1) is 0 Å². The van der Waals surface area contributed by atoms with E-state index >= 15 is 0 Å². The van der Waals surface area contributed by atoms with Crippen molar-refractivity contribution < 1.29 is 32.6 Å². The van der Waals surface area contributed by atoms with Gasteiger partial charge in [0.05, 0.1) is 19.3 Å². The van der Waals surface area contributed by atoms with Gasteiger partial charge in [-0.25, -0.2) is 0 Å². The third kappa shape index (κ3) is 5.62. The Morgan fingerprint density at radius 3 is 2.68 bits per heavy atom. The zero-order chi connectivity index (χ0) is 22.4. The monoisotopic (exact) mass is 434 g/mol. The average Bonchev–Trinajstić information content (AvgIpc) is 2.77. The maximum Gasteiger partial charge on any atom is 0.387 e. The zero-order valence-electron chi connectivity index (χ0n) is 17.3. The van der Waals surface area contributed by atoms with E-state index in [1.807, 2.05) is 18.2 Å². The number of fused-ring (bicyclic) bond motifs is 1. The fraction of sp³-hybridized carbons (Fsp3) is 0.364. The number of benzene rings is 2. The van der Waals surface area contributed by atoms with Crippen LogP contribution in [0, 0.1) is 0 Å². The quantitative estimate of drug-likeness (QED) is 0.637. The van der Waals surface area contributed by atoms with E-state index in [1.54, 1.807) is 24.1 Å². The molecule has 0 aromatic heterocycles. The number of halogens is 2. The molecule has 2 aromatic rings. The molecule has 1 aliphatic rings. The number of ether oxygens (including phenoxy) is 3. The Bertz CT molecular complexity index is 938. The van der Waals surface area contributed by atoms with Crippen LogP contribution in [0.25, 0.3) is 0 Å². The number of rotatable bonds is 8. The number of alkyl halides is 2. The fourth-order valence-corrected chi connectivity index (χ4v) is 3.33. The molecule has 0 saturated heterocycles. The smallest absolute Gasteiger partial charge is 0.387 e. The molecule has 0 N–H and O–H groups in total. The summed E-state index contributed by atoms with van der Waals surface area (Å²) in [5.41, 5.74) is 1.39. The SMILES string of the molecule is COc1cc(CN(C)C(=O)CCC(=O)N2CCOc3ccccc32)ccc1OC(F)F. The summed E-state index contributed by atoms with van der Waals surface area (Å²) in [6, 6.07) is 11.8. The van der Waals surface area contributed by atoms with Crippen molar-refractivity contribution in [3.63, 3.8) is 0 Å². The molecule has 0 bridgehead atoms. The summed E-state index contributed by atoms with van der Waals surface area (Å²) in [6.07, 6.45) is 0.126. The van der Waals surface area contributed by atoms with Crippen molar-refractivity contribution >= 4 is 17.5 Å². The summed E-state index contributed by atoms with van der Waals surface area (Å²) in [5.74, 6) is 0.375. The van der Waals surface area contributed by atoms with E-state index in [-0.39, 0.29) is 42.7 Å². The molecule has 0 radical (unpaired) electrons. The minimum absolute atomic E-state index is 0.0541. The highest BCUT2D eigenvalue weighted by Crippen LogP contribution is 2.32. The third-order valence-electron chi connectivity index (χ3n) is 4.87. The minimum atomic E-state index is -2.96. The van der Waals surface area contributed by atoms with Gasteiger partial charge in [0.25, 0.3) is 0 Å². The largest absolute Gasteiger partial charge is 0.493 e. The van der Waals surface area contributed by atoms with Gasteiger partial charge in [-0.05, 0) is 29.8 Å². The van der Waals surface area contributed by atoms with Crippen molar-refractivity contribution in [2.45, 2.75) is 26.0 Å². The number of anilines is 1. The highest BCUT2D eigenvalue weighted by molar-refractivity contribution is 5.97. The van der Waals surface area contributed by atoms with Crippen LogP contribution in [0.5, 0.6) is 17.2 Å². The number of para-hydroxylation sites is 2. The van der Waals surface area contributed by atoms with E-state index in [0.29, 0.717) is 30.2 Å². The molecule has 2 amide bonds. The van der Waals surface area contributed by atoms with Crippen LogP contribution in [0.2, 0.25) is 0 Å². The van der Waals surface area contributed by atoms with Gasteiger partial charge < -0.3 is 24.0 Å². The third-order valence-corrected chi connectivity index (χ3v) is 4.87. The van der Waals surface area contributed by atoms with E-state index in [4.69, 9.17) is 9.47 Å². The predicted octanol–water partition coefficient (Wildman–Crippen LogP) is 3.46. The Balaban J connectivity index is 1.56. The number of hydrogen-bond acceptors (Lipinski definition) is 5. The van der Waals surface area contributed by atoms with Crippen molar-refractivity contribution in [2.24, 2.45) is 0 Å². The summed E-state index contributed by atoms with van der Waals surface area (Å²) in [5, 5.41) is 0. The first-order valence-electron chi connectivity index (χ1n) is 9.77. The van der Waals surface area contributed by atoms with E-state index in [1.165, 1.54) is 24.1 Å². The Morgan fingerprint density at radius 2 is 1.94 bits per heavy atom. The summed E-state index contributed by atoms with van der Waals surface area (Å²) < 4.78 is 39.9.